The molecule has 4 heterocycles. The Hall–Kier alpha value is -2.87. The number of fused-ring (bicyclic) bond motifs is 3. The molecule has 39 heavy (non-hydrogen) atoms. The van der Waals surface area contributed by atoms with Crippen LogP contribution >= 0.6 is 0 Å². The highest BCUT2D eigenvalue weighted by atomic mass is 16.2. The maximum atomic E-state index is 13.7. The summed E-state index contributed by atoms with van der Waals surface area (Å²) in [5.74, 6) is 1.88. The average Bonchev–Trinajstić information content (AvgIpc) is 3.22. The van der Waals surface area contributed by atoms with Gasteiger partial charge in [-0.3, -0.25) is 14.3 Å². The number of carbonyl (C=O) groups is 2. The molecule has 3 atom stereocenters. The molecule has 1 saturated carbocycles. The molecule has 1 aromatic carbocycles. The van der Waals surface area contributed by atoms with Gasteiger partial charge in [-0.15, -0.1) is 0 Å². The van der Waals surface area contributed by atoms with Gasteiger partial charge in [0.15, 0.2) is 5.69 Å². The lowest BCUT2D eigenvalue weighted by molar-refractivity contribution is -0.132. The molecule has 4 fully saturated rings. The zero-order valence-corrected chi connectivity index (χ0v) is 23.7. The molecule has 8 nitrogen and oxygen atoms in total. The molecular formula is C31H42N6O2. The summed E-state index contributed by atoms with van der Waals surface area (Å²) in [5, 5.41) is 4.88. The predicted molar refractivity (Wildman–Crippen MR) is 151 cm³/mol. The molecule has 0 bridgehead atoms. The van der Waals surface area contributed by atoms with E-state index in [4.69, 9.17) is 5.10 Å². The summed E-state index contributed by atoms with van der Waals surface area (Å²) >= 11 is 0. The van der Waals surface area contributed by atoms with Crippen LogP contribution in [0.3, 0.4) is 0 Å². The van der Waals surface area contributed by atoms with Crippen molar-refractivity contribution in [3.8, 4) is 0 Å². The van der Waals surface area contributed by atoms with Crippen molar-refractivity contribution < 1.29 is 9.59 Å². The number of carbonyl (C=O) groups excluding carboxylic acids is 2. The van der Waals surface area contributed by atoms with Crippen molar-refractivity contribution in [2.45, 2.75) is 65.0 Å². The third kappa shape index (κ3) is 4.26. The third-order valence-corrected chi connectivity index (χ3v) is 10.6. The number of likely N-dealkylation sites (tertiary alicyclic amines) is 2. The summed E-state index contributed by atoms with van der Waals surface area (Å²) < 4.78 is 1.90. The summed E-state index contributed by atoms with van der Waals surface area (Å²) in [6.45, 7) is 14.0. The van der Waals surface area contributed by atoms with E-state index in [0.29, 0.717) is 29.5 Å². The van der Waals surface area contributed by atoms with E-state index in [1.807, 2.05) is 14.5 Å². The monoisotopic (exact) mass is 530 g/mol. The quantitative estimate of drug-likeness (QED) is 0.595. The minimum atomic E-state index is 0.0846. The van der Waals surface area contributed by atoms with Crippen molar-refractivity contribution in [1.82, 2.24) is 24.5 Å². The average molecular weight is 531 g/mol. The Morgan fingerprint density at radius 3 is 2.38 bits per heavy atom. The Morgan fingerprint density at radius 2 is 1.69 bits per heavy atom. The van der Waals surface area contributed by atoms with Gasteiger partial charge in [0, 0.05) is 62.3 Å². The SMILES string of the molecule is Cc1cccc(N2CCN(C(=O)Cn3nc(C(=O)N4CCC(N5CCC5)CC4)c4c3CC3C(C)C43)CC2)c1C. The van der Waals surface area contributed by atoms with Crippen molar-refractivity contribution in [1.29, 1.82) is 0 Å². The van der Waals surface area contributed by atoms with E-state index >= 15 is 0 Å². The van der Waals surface area contributed by atoms with Gasteiger partial charge in [-0.2, -0.15) is 5.10 Å². The minimum absolute atomic E-state index is 0.0846. The lowest BCUT2D eigenvalue weighted by Gasteiger charge is -2.42. The second kappa shape index (κ2) is 9.65. The van der Waals surface area contributed by atoms with E-state index in [1.54, 1.807) is 0 Å². The van der Waals surface area contributed by atoms with E-state index < -0.39 is 0 Å². The lowest BCUT2D eigenvalue weighted by atomic mass is 9.99. The van der Waals surface area contributed by atoms with Crippen LogP contribution in [0.5, 0.6) is 0 Å². The van der Waals surface area contributed by atoms with Crippen molar-refractivity contribution in [3.63, 3.8) is 0 Å². The summed E-state index contributed by atoms with van der Waals surface area (Å²) in [7, 11) is 0. The number of anilines is 1. The fourth-order valence-electron chi connectivity index (χ4n) is 7.72. The van der Waals surface area contributed by atoms with E-state index in [0.717, 1.165) is 69.8 Å². The molecular weight excluding hydrogens is 488 g/mol. The predicted octanol–water partition coefficient (Wildman–Crippen LogP) is 3.06. The molecule has 3 aliphatic heterocycles. The Morgan fingerprint density at radius 1 is 0.949 bits per heavy atom. The molecule has 5 aliphatic rings. The zero-order chi connectivity index (χ0) is 26.8. The van der Waals surface area contributed by atoms with E-state index in [1.165, 1.54) is 36.3 Å². The number of rotatable bonds is 5. The first kappa shape index (κ1) is 25.1. The Kier molecular flexibility index (Phi) is 6.21. The van der Waals surface area contributed by atoms with Crippen LogP contribution in [0, 0.1) is 25.7 Å². The molecule has 1 aromatic heterocycles. The van der Waals surface area contributed by atoms with Crippen LogP contribution in [0.15, 0.2) is 18.2 Å². The van der Waals surface area contributed by atoms with Crippen molar-refractivity contribution in [3.05, 3.63) is 46.3 Å². The first-order valence-electron chi connectivity index (χ1n) is 15.1. The number of hydrogen-bond donors (Lipinski definition) is 0. The van der Waals surface area contributed by atoms with Gasteiger partial charge >= 0.3 is 0 Å². The number of hydrogen-bond acceptors (Lipinski definition) is 5. The Balaban J connectivity index is 1.03. The highest BCUT2D eigenvalue weighted by Crippen LogP contribution is 2.62. The van der Waals surface area contributed by atoms with Gasteiger partial charge in [-0.1, -0.05) is 19.1 Å². The number of nitrogens with zero attached hydrogens (tertiary/aromatic N) is 6. The summed E-state index contributed by atoms with van der Waals surface area (Å²) in [6.07, 6.45) is 4.38. The first-order valence-corrected chi connectivity index (χ1v) is 15.1. The fourth-order valence-corrected chi connectivity index (χ4v) is 7.72. The van der Waals surface area contributed by atoms with Crippen LogP contribution < -0.4 is 4.90 Å². The minimum Gasteiger partial charge on any atom is -0.368 e. The molecule has 0 spiro atoms. The van der Waals surface area contributed by atoms with Crippen LogP contribution in [0.1, 0.15) is 65.0 Å². The van der Waals surface area contributed by atoms with E-state index in [9.17, 15) is 9.59 Å². The van der Waals surface area contributed by atoms with Crippen molar-refractivity contribution >= 4 is 17.5 Å². The molecule has 7 rings (SSSR count). The highest BCUT2D eigenvalue weighted by molar-refractivity contribution is 5.95. The fraction of sp³-hybridized carbons (Fsp3) is 0.645. The second-order valence-corrected chi connectivity index (χ2v) is 12.6. The van der Waals surface area contributed by atoms with Gasteiger partial charge in [-0.05, 0) is 87.6 Å². The summed E-state index contributed by atoms with van der Waals surface area (Å²) in [4.78, 5) is 36.2. The molecule has 2 amide bonds. The van der Waals surface area contributed by atoms with Crippen LogP contribution in [-0.2, 0) is 17.8 Å². The lowest BCUT2D eigenvalue weighted by Crippen LogP contribution is -2.51. The topological polar surface area (TPSA) is 64.9 Å². The van der Waals surface area contributed by atoms with Crippen molar-refractivity contribution in [2.75, 3.05) is 57.3 Å². The second-order valence-electron chi connectivity index (χ2n) is 12.6. The van der Waals surface area contributed by atoms with Gasteiger partial charge in [0.2, 0.25) is 5.91 Å². The maximum absolute atomic E-state index is 13.7. The van der Waals surface area contributed by atoms with Crippen molar-refractivity contribution in [2.24, 2.45) is 11.8 Å². The van der Waals surface area contributed by atoms with Crippen LogP contribution in [0.4, 0.5) is 5.69 Å². The largest absolute Gasteiger partial charge is 0.368 e. The molecule has 8 heteroatoms. The highest BCUT2D eigenvalue weighted by Gasteiger charge is 2.56. The zero-order valence-electron chi connectivity index (χ0n) is 23.7. The van der Waals surface area contributed by atoms with Gasteiger partial charge < -0.3 is 19.6 Å². The van der Waals surface area contributed by atoms with Gasteiger partial charge in [0.05, 0.1) is 0 Å². The first-order chi connectivity index (χ1) is 18.9. The van der Waals surface area contributed by atoms with Gasteiger partial charge in [0.1, 0.15) is 6.54 Å². The number of piperidine rings is 1. The molecule has 0 N–H and O–H groups in total. The summed E-state index contributed by atoms with van der Waals surface area (Å²) in [5.41, 5.74) is 6.84. The van der Waals surface area contributed by atoms with Crippen LogP contribution in [-0.4, -0.2) is 94.7 Å². The maximum Gasteiger partial charge on any atom is 0.274 e. The van der Waals surface area contributed by atoms with Gasteiger partial charge in [-0.25, -0.2) is 0 Å². The number of benzene rings is 1. The normalized spacial score (nSPS) is 26.8. The van der Waals surface area contributed by atoms with Crippen LogP contribution in [0.25, 0.3) is 0 Å². The Labute approximate surface area is 231 Å². The Bertz CT molecular complexity index is 1280. The summed E-state index contributed by atoms with van der Waals surface area (Å²) in [6, 6.07) is 7.09. The number of amides is 2. The molecule has 2 aliphatic carbocycles. The van der Waals surface area contributed by atoms with Gasteiger partial charge in [0.25, 0.3) is 5.91 Å². The molecule has 3 unspecified atom stereocenters. The molecule has 208 valence electrons. The smallest absolute Gasteiger partial charge is 0.274 e. The third-order valence-electron chi connectivity index (χ3n) is 10.6. The molecule has 2 aromatic rings. The number of piperazine rings is 1. The number of aryl methyl sites for hydroxylation is 1. The van der Waals surface area contributed by atoms with E-state index in [2.05, 4.69) is 48.8 Å². The molecule has 0 radical (unpaired) electrons. The van der Waals surface area contributed by atoms with E-state index in [-0.39, 0.29) is 18.4 Å². The van der Waals surface area contributed by atoms with Crippen LogP contribution in [0.2, 0.25) is 0 Å². The standard InChI is InChI=1S/C31H42N6O2/c1-20-6-4-7-25(21(20)2)34-14-16-35(17-15-34)27(38)19-37-26-18-24-22(3)28(24)29(26)30(32-37)31(39)36-12-8-23(9-13-36)33-10-5-11-33/h4,6-7,22-24,28H,5,8-19H2,1-3H3. The number of aromatic nitrogens is 2. The molecule has 3 saturated heterocycles.